The van der Waals surface area contributed by atoms with E-state index in [1.54, 1.807) is 0 Å². The fraction of sp³-hybridized carbons (Fsp3) is 0.368. The van der Waals surface area contributed by atoms with Crippen LogP contribution in [0.5, 0.6) is 0 Å². The van der Waals surface area contributed by atoms with Crippen molar-refractivity contribution >= 4 is 11.4 Å². The van der Waals surface area contributed by atoms with Gasteiger partial charge in [0.05, 0.1) is 6.04 Å². The van der Waals surface area contributed by atoms with E-state index in [-0.39, 0.29) is 0 Å². The maximum atomic E-state index is 3.72. The van der Waals surface area contributed by atoms with Gasteiger partial charge in [0, 0.05) is 25.5 Å². The van der Waals surface area contributed by atoms with E-state index in [0.717, 1.165) is 5.92 Å². The van der Waals surface area contributed by atoms with Crippen LogP contribution in [-0.2, 0) is 0 Å². The molecule has 2 nitrogen and oxygen atoms in total. The summed E-state index contributed by atoms with van der Waals surface area (Å²) in [5, 5.41) is 3.72. The van der Waals surface area contributed by atoms with Crippen molar-refractivity contribution in [2.75, 3.05) is 24.3 Å². The van der Waals surface area contributed by atoms with Crippen molar-refractivity contribution in [1.29, 1.82) is 0 Å². The van der Waals surface area contributed by atoms with Crippen LogP contribution < -0.4 is 10.2 Å². The van der Waals surface area contributed by atoms with Gasteiger partial charge in [-0.1, -0.05) is 29.8 Å². The van der Waals surface area contributed by atoms with Gasteiger partial charge in [0.25, 0.3) is 0 Å². The molecule has 0 radical (unpaired) electrons. The van der Waals surface area contributed by atoms with Gasteiger partial charge in [-0.2, -0.15) is 0 Å². The fourth-order valence-electron chi connectivity index (χ4n) is 2.71. The van der Waals surface area contributed by atoms with Gasteiger partial charge in [-0.25, -0.2) is 0 Å². The highest BCUT2D eigenvalue weighted by molar-refractivity contribution is 5.55. The number of rotatable bonds is 5. The van der Waals surface area contributed by atoms with Crippen LogP contribution in [0.25, 0.3) is 0 Å². The van der Waals surface area contributed by atoms with Gasteiger partial charge in [-0.3, -0.25) is 0 Å². The highest BCUT2D eigenvalue weighted by atomic mass is 15.1. The normalized spacial score (nSPS) is 15.6. The number of hydrogen-bond acceptors (Lipinski definition) is 2. The predicted molar refractivity (Wildman–Crippen MR) is 91.0 cm³/mol. The van der Waals surface area contributed by atoms with Gasteiger partial charge in [0.2, 0.25) is 0 Å². The molecular weight excluding hydrogens is 256 g/mol. The van der Waals surface area contributed by atoms with Crippen molar-refractivity contribution in [3.63, 3.8) is 0 Å². The van der Waals surface area contributed by atoms with E-state index in [0.29, 0.717) is 6.04 Å². The van der Waals surface area contributed by atoms with Crippen LogP contribution >= 0.6 is 0 Å². The molecule has 0 bridgehead atoms. The number of benzene rings is 2. The minimum Gasteiger partial charge on any atom is -0.378 e. The molecule has 0 heterocycles. The Morgan fingerprint density at radius 3 is 2.10 bits per heavy atom. The summed E-state index contributed by atoms with van der Waals surface area (Å²) in [6, 6.07) is 18.1. The van der Waals surface area contributed by atoms with Crippen LogP contribution in [-0.4, -0.2) is 14.1 Å². The standard InChI is InChI=1S/C19H24N2/c1-14-4-6-15(7-5-14)19(16-8-9-16)20-17-10-12-18(13-11-17)21(2)3/h4-7,10-13,16,19-20H,8-9H2,1-3H3. The van der Waals surface area contributed by atoms with Crippen molar-refractivity contribution in [3.8, 4) is 0 Å². The number of hydrogen-bond donors (Lipinski definition) is 1. The third kappa shape index (κ3) is 3.38. The average Bonchev–Trinajstić information content (AvgIpc) is 3.31. The number of aryl methyl sites for hydroxylation is 1. The molecule has 1 atom stereocenters. The smallest absolute Gasteiger partial charge is 0.0542 e. The van der Waals surface area contributed by atoms with Gasteiger partial charge in [-0.15, -0.1) is 0 Å². The maximum Gasteiger partial charge on any atom is 0.0542 e. The zero-order valence-electron chi connectivity index (χ0n) is 13.1. The first-order valence-corrected chi connectivity index (χ1v) is 7.74. The summed E-state index contributed by atoms with van der Waals surface area (Å²) in [6.45, 7) is 2.14. The Labute approximate surface area is 127 Å². The van der Waals surface area contributed by atoms with E-state index in [2.05, 4.69) is 79.8 Å². The van der Waals surface area contributed by atoms with Crippen LogP contribution in [0.4, 0.5) is 11.4 Å². The molecule has 0 amide bonds. The lowest BCUT2D eigenvalue weighted by Crippen LogP contribution is -2.13. The Bertz CT molecular complexity index is 580. The highest BCUT2D eigenvalue weighted by Crippen LogP contribution is 2.43. The third-order valence-electron chi connectivity index (χ3n) is 4.24. The first-order valence-electron chi connectivity index (χ1n) is 7.74. The zero-order valence-corrected chi connectivity index (χ0v) is 13.1. The molecule has 0 saturated heterocycles. The summed E-state index contributed by atoms with van der Waals surface area (Å²) in [6.07, 6.45) is 2.67. The molecule has 1 N–H and O–H groups in total. The first kappa shape index (κ1) is 14.0. The Morgan fingerprint density at radius 2 is 1.57 bits per heavy atom. The van der Waals surface area contributed by atoms with Gasteiger partial charge in [-0.05, 0) is 55.5 Å². The number of anilines is 2. The van der Waals surface area contributed by atoms with Gasteiger partial charge in [0.1, 0.15) is 0 Å². The summed E-state index contributed by atoms with van der Waals surface area (Å²) in [5.41, 5.74) is 5.17. The fourth-order valence-corrected chi connectivity index (χ4v) is 2.71. The lowest BCUT2D eigenvalue weighted by Gasteiger charge is -2.21. The molecule has 1 saturated carbocycles. The lowest BCUT2D eigenvalue weighted by molar-refractivity contribution is 0.679. The van der Waals surface area contributed by atoms with Crippen molar-refractivity contribution < 1.29 is 0 Å². The van der Waals surface area contributed by atoms with Gasteiger partial charge in [0.15, 0.2) is 0 Å². The number of nitrogens with one attached hydrogen (secondary N) is 1. The topological polar surface area (TPSA) is 15.3 Å². The highest BCUT2D eigenvalue weighted by Gasteiger charge is 2.32. The molecule has 1 unspecified atom stereocenters. The van der Waals surface area contributed by atoms with E-state index in [1.165, 1.54) is 35.3 Å². The summed E-state index contributed by atoms with van der Waals surface area (Å²) < 4.78 is 0. The van der Waals surface area contributed by atoms with Crippen molar-refractivity contribution in [3.05, 3.63) is 59.7 Å². The van der Waals surface area contributed by atoms with Crippen LogP contribution in [0.3, 0.4) is 0 Å². The summed E-state index contributed by atoms with van der Waals surface area (Å²) in [7, 11) is 4.14. The Morgan fingerprint density at radius 1 is 0.952 bits per heavy atom. The second-order valence-corrected chi connectivity index (χ2v) is 6.31. The first-order chi connectivity index (χ1) is 10.1. The Kier molecular flexibility index (Phi) is 3.87. The molecule has 1 fully saturated rings. The van der Waals surface area contributed by atoms with E-state index < -0.39 is 0 Å². The minimum absolute atomic E-state index is 0.441. The monoisotopic (exact) mass is 280 g/mol. The van der Waals surface area contributed by atoms with Crippen LogP contribution in [0, 0.1) is 12.8 Å². The maximum absolute atomic E-state index is 3.72. The lowest BCUT2D eigenvalue weighted by atomic mass is 10.0. The minimum atomic E-state index is 0.441. The Balaban J connectivity index is 1.77. The molecular formula is C19H24N2. The molecule has 3 rings (SSSR count). The Hall–Kier alpha value is -1.96. The van der Waals surface area contributed by atoms with Crippen molar-refractivity contribution in [1.82, 2.24) is 0 Å². The quantitative estimate of drug-likeness (QED) is 0.859. The molecule has 21 heavy (non-hydrogen) atoms. The van der Waals surface area contributed by atoms with E-state index in [1.807, 2.05) is 0 Å². The number of nitrogens with zero attached hydrogens (tertiary/aromatic N) is 1. The molecule has 1 aliphatic rings. The molecule has 0 aromatic heterocycles. The molecule has 1 aliphatic carbocycles. The predicted octanol–water partition coefficient (Wildman–Crippen LogP) is 4.62. The van der Waals surface area contributed by atoms with Crippen LogP contribution in [0.15, 0.2) is 48.5 Å². The van der Waals surface area contributed by atoms with Crippen molar-refractivity contribution in [2.24, 2.45) is 5.92 Å². The van der Waals surface area contributed by atoms with E-state index in [4.69, 9.17) is 0 Å². The SMILES string of the molecule is Cc1ccc(C(Nc2ccc(N(C)C)cc2)C2CC2)cc1. The average molecular weight is 280 g/mol. The third-order valence-corrected chi connectivity index (χ3v) is 4.24. The molecule has 110 valence electrons. The van der Waals surface area contributed by atoms with Gasteiger partial charge < -0.3 is 10.2 Å². The molecule has 0 spiro atoms. The molecule has 0 aliphatic heterocycles. The molecule has 2 heteroatoms. The van der Waals surface area contributed by atoms with Gasteiger partial charge >= 0.3 is 0 Å². The summed E-state index contributed by atoms with van der Waals surface area (Å²) >= 11 is 0. The second-order valence-electron chi connectivity index (χ2n) is 6.31. The summed E-state index contributed by atoms with van der Waals surface area (Å²) in [5.74, 6) is 0.779. The second kappa shape index (κ2) is 5.80. The van der Waals surface area contributed by atoms with Crippen LogP contribution in [0.2, 0.25) is 0 Å². The largest absolute Gasteiger partial charge is 0.378 e. The van der Waals surface area contributed by atoms with Crippen LogP contribution in [0.1, 0.15) is 30.0 Å². The molecule has 2 aromatic carbocycles. The summed E-state index contributed by atoms with van der Waals surface area (Å²) in [4.78, 5) is 2.13. The van der Waals surface area contributed by atoms with E-state index >= 15 is 0 Å². The van der Waals surface area contributed by atoms with E-state index in [9.17, 15) is 0 Å². The van der Waals surface area contributed by atoms with Crippen molar-refractivity contribution in [2.45, 2.75) is 25.8 Å². The molecule has 2 aromatic rings. The zero-order chi connectivity index (χ0) is 14.8.